The van der Waals surface area contributed by atoms with Crippen molar-refractivity contribution in [2.24, 2.45) is 5.92 Å². The Balaban J connectivity index is 0.00000264. The molecule has 1 amide bonds. The number of nitro benzene ring substituents is 1. The standard InChI is InChI=1S/C15H21N3O4.ClH/c1-15(2,11-3-5-12(6-4-11)18(21)22)14(20)17-8-10-7-16-9-13(10)19;/h3-6,10,13,16,19H,7-9H2,1-2H3,(H,17,20);1H. The Hall–Kier alpha value is -1.70. The first kappa shape index (κ1) is 19.3. The first-order chi connectivity index (χ1) is 10.3. The molecule has 23 heavy (non-hydrogen) atoms. The van der Waals surface area contributed by atoms with Gasteiger partial charge in [-0.25, -0.2) is 0 Å². The molecule has 7 nitrogen and oxygen atoms in total. The molecular formula is C15H22ClN3O4. The number of carbonyl (C=O) groups is 1. The topological polar surface area (TPSA) is 104 Å². The van der Waals surface area contributed by atoms with Crippen LogP contribution in [-0.2, 0) is 10.2 Å². The van der Waals surface area contributed by atoms with Crippen molar-refractivity contribution < 1.29 is 14.8 Å². The summed E-state index contributed by atoms with van der Waals surface area (Å²) in [6.45, 7) is 5.18. The Morgan fingerprint density at radius 3 is 2.48 bits per heavy atom. The average Bonchev–Trinajstić information content (AvgIpc) is 2.90. The number of amides is 1. The molecule has 3 N–H and O–H groups in total. The van der Waals surface area contributed by atoms with E-state index in [1.54, 1.807) is 26.0 Å². The lowest BCUT2D eigenvalue weighted by atomic mass is 9.83. The van der Waals surface area contributed by atoms with E-state index in [0.29, 0.717) is 25.2 Å². The summed E-state index contributed by atoms with van der Waals surface area (Å²) in [5, 5.41) is 26.3. The highest BCUT2D eigenvalue weighted by Gasteiger charge is 2.32. The van der Waals surface area contributed by atoms with Crippen molar-refractivity contribution >= 4 is 24.0 Å². The molecule has 1 aliphatic rings. The summed E-state index contributed by atoms with van der Waals surface area (Å²) in [5.41, 5.74) is -0.0904. The summed E-state index contributed by atoms with van der Waals surface area (Å²) in [6, 6.07) is 6.00. The second-order valence-corrected chi connectivity index (χ2v) is 6.12. The molecule has 0 bridgehead atoms. The molecule has 2 unspecified atom stereocenters. The van der Waals surface area contributed by atoms with Crippen LogP contribution in [0.15, 0.2) is 24.3 Å². The number of aliphatic hydroxyl groups is 1. The molecular weight excluding hydrogens is 322 g/mol. The number of non-ortho nitro benzene ring substituents is 1. The predicted octanol–water partition coefficient (Wildman–Crippen LogP) is 0.991. The number of nitro groups is 1. The van der Waals surface area contributed by atoms with E-state index in [9.17, 15) is 20.0 Å². The van der Waals surface area contributed by atoms with Crippen LogP contribution in [0, 0.1) is 16.0 Å². The van der Waals surface area contributed by atoms with Gasteiger partial charge in [0.1, 0.15) is 0 Å². The number of β-amino-alcohol motifs (C(OH)–C–C–N with tert-alkyl or cyclic N) is 1. The van der Waals surface area contributed by atoms with Gasteiger partial charge in [0.2, 0.25) is 5.91 Å². The van der Waals surface area contributed by atoms with Crippen molar-refractivity contribution in [1.82, 2.24) is 10.6 Å². The van der Waals surface area contributed by atoms with Gasteiger partial charge in [-0.15, -0.1) is 12.4 Å². The Morgan fingerprint density at radius 2 is 2.00 bits per heavy atom. The zero-order valence-electron chi connectivity index (χ0n) is 13.1. The summed E-state index contributed by atoms with van der Waals surface area (Å²) in [6.07, 6.45) is -0.442. The number of nitrogens with one attached hydrogen (secondary N) is 2. The Kier molecular flexibility index (Phi) is 6.49. The maximum Gasteiger partial charge on any atom is 0.269 e. The minimum Gasteiger partial charge on any atom is -0.391 e. The number of hydrogen-bond acceptors (Lipinski definition) is 5. The van der Waals surface area contributed by atoms with Gasteiger partial charge in [-0.05, 0) is 19.4 Å². The van der Waals surface area contributed by atoms with E-state index >= 15 is 0 Å². The smallest absolute Gasteiger partial charge is 0.269 e. The van der Waals surface area contributed by atoms with Gasteiger partial charge in [0, 0.05) is 37.7 Å². The van der Waals surface area contributed by atoms with Crippen LogP contribution in [0.5, 0.6) is 0 Å². The molecule has 8 heteroatoms. The molecule has 0 saturated carbocycles. The highest BCUT2D eigenvalue weighted by molar-refractivity contribution is 5.87. The molecule has 1 aliphatic heterocycles. The van der Waals surface area contributed by atoms with E-state index in [1.807, 2.05) is 0 Å². The Labute approximate surface area is 141 Å². The fourth-order valence-electron chi connectivity index (χ4n) is 2.50. The van der Waals surface area contributed by atoms with Gasteiger partial charge in [0.05, 0.1) is 16.4 Å². The zero-order valence-corrected chi connectivity index (χ0v) is 13.9. The number of nitrogens with zero attached hydrogens (tertiary/aromatic N) is 1. The van der Waals surface area contributed by atoms with Crippen LogP contribution < -0.4 is 10.6 Å². The van der Waals surface area contributed by atoms with Gasteiger partial charge in [0.15, 0.2) is 0 Å². The number of rotatable bonds is 5. The fourth-order valence-corrected chi connectivity index (χ4v) is 2.50. The van der Waals surface area contributed by atoms with Gasteiger partial charge >= 0.3 is 0 Å². The first-order valence-corrected chi connectivity index (χ1v) is 7.24. The minimum absolute atomic E-state index is 0. The molecule has 1 aromatic carbocycles. The predicted molar refractivity (Wildman–Crippen MR) is 88.7 cm³/mol. The molecule has 2 rings (SSSR count). The molecule has 0 radical (unpaired) electrons. The second kappa shape index (κ2) is 7.72. The van der Waals surface area contributed by atoms with Crippen LogP contribution in [-0.4, -0.2) is 41.7 Å². The van der Waals surface area contributed by atoms with Crippen molar-refractivity contribution in [1.29, 1.82) is 0 Å². The van der Waals surface area contributed by atoms with Crippen molar-refractivity contribution in [3.63, 3.8) is 0 Å². The number of aliphatic hydroxyl groups excluding tert-OH is 1. The SMILES string of the molecule is CC(C)(C(=O)NCC1CNCC1O)c1ccc([N+](=O)[O-])cc1.Cl. The molecule has 0 aromatic heterocycles. The minimum atomic E-state index is -0.799. The summed E-state index contributed by atoms with van der Waals surface area (Å²) in [7, 11) is 0. The van der Waals surface area contributed by atoms with Crippen LogP contribution in [0.3, 0.4) is 0 Å². The lowest BCUT2D eigenvalue weighted by Gasteiger charge is -2.25. The van der Waals surface area contributed by atoms with E-state index in [4.69, 9.17) is 0 Å². The van der Waals surface area contributed by atoms with Crippen LogP contribution in [0.2, 0.25) is 0 Å². The highest BCUT2D eigenvalue weighted by Crippen LogP contribution is 2.25. The Bertz CT molecular complexity index is 562. The van der Waals surface area contributed by atoms with Crippen molar-refractivity contribution in [2.75, 3.05) is 19.6 Å². The summed E-state index contributed by atoms with van der Waals surface area (Å²) in [5.74, 6) is -0.155. The molecule has 1 fully saturated rings. The number of benzene rings is 1. The van der Waals surface area contributed by atoms with Gasteiger partial charge < -0.3 is 15.7 Å². The molecule has 1 aromatic rings. The number of carbonyl (C=O) groups excluding carboxylic acids is 1. The van der Waals surface area contributed by atoms with Crippen molar-refractivity contribution in [2.45, 2.75) is 25.4 Å². The van der Waals surface area contributed by atoms with E-state index < -0.39 is 16.4 Å². The van der Waals surface area contributed by atoms with Gasteiger partial charge in [-0.1, -0.05) is 12.1 Å². The number of hydrogen-bond donors (Lipinski definition) is 3. The highest BCUT2D eigenvalue weighted by atomic mass is 35.5. The molecule has 128 valence electrons. The maximum absolute atomic E-state index is 12.4. The molecule has 1 heterocycles. The average molecular weight is 344 g/mol. The lowest BCUT2D eigenvalue weighted by Crippen LogP contribution is -2.43. The van der Waals surface area contributed by atoms with Crippen LogP contribution in [0.25, 0.3) is 0 Å². The van der Waals surface area contributed by atoms with Crippen molar-refractivity contribution in [3.05, 3.63) is 39.9 Å². The van der Waals surface area contributed by atoms with E-state index in [0.717, 1.165) is 0 Å². The van der Waals surface area contributed by atoms with E-state index in [-0.39, 0.29) is 29.9 Å². The first-order valence-electron chi connectivity index (χ1n) is 7.24. The third-order valence-electron chi connectivity index (χ3n) is 4.20. The van der Waals surface area contributed by atoms with Crippen LogP contribution in [0.4, 0.5) is 5.69 Å². The zero-order chi connectivity index (χ0) is 16.3. The number of halogens is 1. The summed E-state index contributed by atoms with van der Waals surface area (Å²) < 4.78 is 0. The summed E-state index contributed by atoms with van der Waals surface area (Å²) in [4.78, 5) is 22.6. The van der Waals surface area contributed by atoms with Gasteiger partial charge in [-0.3, -0.25) is 14.9 Å². The Morgan fingerprint density at radius 1 is 1.39 bits per heavy atom. The van der Waals surface area contributed by atoms with Gasteiger partial charge in [0.25, 0.3) is 5.69 Å². The quantitative estimate of drug-likeness (QED) is 0.546. The molecule has 1 saturated heterocycles. The third kappa shape index (κ3) is 4.40. The monoisotopic (exact) mass is 343 g/mol. The van der Waals surface area contributed by atoms with E-state index in [2.05, 4.69) is 10.6 Å². The largest absolute Gasteiger partial charge is 0.391 e. The molecule has 2 atom stereocenters. The second-order valence-electron chi connectivity index (χ2n) is 6.12. The van der Waals surface area contributed by atoms with E-state index in [1.165, 1.54) is 12.1 Å². The summed E-state index contributed by atoms with van der Waals surface area (Å²) >= 11 is 0. The van der Waals surface area contributed by atoms with Crippen LogP contribution in [0.1, 0.15) is 19.4 Å². The normalized spacial score (nSPS) is 20.7. The lowest BCUT2D eigenvalue weighted by molar-refractivity contribution is -0.384. The maximum atomic E-state index is 12.4. The third-order valence-corrected chi connectivity index (χ3v) is 4.20. The van der Waals surface area contributed by atoms with Gasteiger partial charge in [-0.2, -0.15) is 0 Å². The van der Waals surface area contributed by atoms with Crippen molar-refractivity contribution in [3.8, 4) is 0 Å². The fraction of sp³-hybridized carbons (Fsp3) is 0.533. The molecule has 0 spiro atoms. The van der Waals surface area contributed by atoms with Crippen LogP contribution >= 0.6 is 12.4 Å². The molecule has 0 aliphatic carbocycles.